The Labute approximate surface area is 119 Å². The molecule has 0 radical (unpaired) electrons. The number of phenolic OH excluding ortho intramolecular Hbond substituents is 2. The van der Waals surface area contributed by atoms with Gasteiger partial charge in [0, 0.05) is 0 Å². The molecule has 0 aromatic heterocycles. The van der Waals surface area contributed by atoms with Gasteiger partial charge in [-0.2, -0.15) is 0 Å². The van der Waals surface area contributed by atoms with Gasteiger partial charge < -0.3 is 10.2 Å². The average molecular weight is 279 g/mol. The van der Waals surface area contributed by atoms with Crippen LogP contribution in [-0.4, -0.2) is 10.2 Å². The van der Waals surface area contributed by atoms with Gasteiger partial charge in [-0.05, 0) is 42.2 Å². The Morgan fingerprint density at radius 1 is 0.947 bits per heavy atom. The minimum Gasteiger partial charge on any atom is -0.508 e. The van der Waals surface area contributed by atoms with Crippen LogP contribution in [-0.2, 0) is 0 Å². The standard InChI is InChI=1S/C10H14O.C6H5ClO/c1-7(2)9-5-4-8(3)6-10(9)11;7-5-3-1-2-4-6(5)8/h4-7,11H,1-3H3;1-4,8H. The van der Waals surface area contributed by atoms with Crippen molar-refractivity contribution in [2.75, 3.05) is 0 Å². The summed E-state index contributed by atoms with van der Waals surface area (Å²) in [5.41, 5.74) is 2.13. The molecule has 102 valence electrons. The van der Waals surface area contributed by atoms with Gasteiger partial charge in [-0.1, -0.05) is 49.7 Å². The largest absolute Gasteiger partial charge is 0.508 e. The Morgan fingerprint density at radius 2 is 1.58 bits per heavy atom. The van der Waals surface area contributed by atoms with Crippen LogP contribution in [0.1, 0.15) is 30.9 Å². The van der Waals surface area contributed by atoms with E-state index in [0.717, 1.165) is 11.1 Å². The maximum absolute atomic E-state index is 9.46. The minimum absolute atomic E-state index is 0.133. The van der Waals surface area contributed by atoms with Crippen molar-refractivity contribution < 1.29 is 10.2 Å². The third-order valence-electron chi connectivity index (χ3n) is 2.66. The number of benzene rings is 2. The summed E-state index contributed by atoms with van der Waals surface area (Å²) in [4.78, 5) is 0. The molecule has 2 rings (SSSR count). The molecule has 0 saturated carbocycles. The lowest BCUT2D eigenvalue weighted by Gasteiger charge is -2.07. The van der Waals surface area contributed by atoms with E-state index in [4.69, 9.17) is 16.7 Å². The smallest absolute Gasteiger partial charge is 0.134 e. The fourth-order valence-corrected chi connectivity index (χ4v) is 1.73. The zero-order valence-electron chi connectivity index (χ0n) is 11.4. The van der Waals surface area contributed by atoms with Crippen LogP contribution in [0, 0.1) is 6.92 Å². The van der Waals surface area contributed by atoms with Crippen molar-refractivity contribution in [2.45, 2.75) is 26.7 Å². The quantitative estimate of drug-likeness (QED) is 0.781. The van der Waals surface area contributed by atoms with Crippen LogP contribution < -0.4 is 0 Å². The number of hydrogen-bond donors (Lipinski definition) is 2. The van der Waals surface area contributed by atoms with Crippen LogP contribution in [0.4, 0.5) is 0 Å². The fourth-order valence-electron chi connectivity index (χ4n) is 1.59. The second-order valence-electron chi connectivity index (χ2n) is 4.67. The van der Waals surface area contributed by atoms with Crippen molar-refractivity contribution in [3.05, 3.63) is 58.6 Å². The van der Waals surface area contributed by atoms with E-state index in [-0.39, 0.29) is 5.75 Å². The third kappa shape index (κ3) is 4.84. The second kappa shape index (κ2) is 7.05. The van der Waals surface area contributed by atoms with Gasteiger partial charge in [-0.15, -0.1) is 0 Å². The molecule has 2 aromatic carbocycles. The predicted octanol–water partition coefficient (Wildman–Crippen LogP) is 4.87. The zero-order valence-corrected chi connectivity index (χ0v) is 12.1. The van der Waals surface area contributed by atoms with Crippen LogP contribution in [0.2, 0.25) is 5.02 Å². The Balaban J connectivity index is 0.000000200. The summed E-state index contributed by atoms with van der Waals surface area (Å²) in [6, 6.07) is 12.5. The van der Waals surface area contributed by atoms with Gasteiger partial charge >= 0.3 is 0 Å². The Hall–Kier alpha value is -1.67. The van der Waals surface area contributed by atoms with Crippen LogP contribution in [0.5, 0.6) is 11.5 Å². The van der Waals surface area contributed by atoms with Crippen molar-refractivity contribution in [3.8, 4) is 11.5 Å². The molecule has 2 aromatic rings. The molecule has 0 aliphatic carbocycles. The van der Waals surface area contributed by atoms with Crippen molar-refractivity contribution >= 4 is 11.6 Å². The van der Waals surface area contributed by atoms with Crippen molar-refractivity contribution in [2.24, 2.45) is 0 Å². The molecule has 0 bridgehead atoms. The first-order valence-electron chi connectivity index (χ1n) is 6.14. The highest BCUT2D eigenvalue weighted by Crippen LogP contribution is 2.25. The van der Waals surface area contributed by atoms with Gasteiger partial charge in [0.25, 0.3) is 0 Å². The van der Waals surface area contributed by atoms with Crippen molar-refractivity contribution in [1.29, 1.82) is 0 Å². The second-order valence-corrected chi connectivity index (χ2v) is 5.08. The highest BCUT2D eigenvalue weighted by molar-refractivity contribution is 6.31. The first-order chi connectivity index (χ1) is 8.91. The molecule has 0 amide bonds. The Bertz CT molecular complexity index is 515. The maximum atomic E-state index is 9.46. The summed E-state index contributed by atoms with van der Waals surface area (Å²) in [5, 5.41) is 18.6. The predicted molar refractivity (Wildman–Crippen MR) is 80.0 cm³/mol. The molecule has 0 heterocycles. The van der Waals surface area contributed by atoms with E-state index in [1.54, 1.807) is 30.3 Å². The minimum atomic E-state index is 0.133. The molecule has 0 unspecified atom stereocenters. The van der Waals surface area contributed by atoms with Gasteiger partial charge in [-0.25, -0.2) is 0 Å². The normalized spacial score (nSPS) is 9.95. The summed E-state index contributed by atoms with van der Waals surface area (Å²) in [5.74, 6) is 0.949. The van der Waals surface area contributed by atoms with E-state index in [1.165, 1.54) is 0 Å². The summed E-state index contributed by atoms with van der Waals surface area (Å²) in [6.07, 6.45) is 0. The Kier molecular flexibility index (Phi) is 5.71. The van der Waals surface area contributed by atoms with Gasteiger partial charge in [0.2, 0.25) is 0 Å². The number of aromatic hydroxyl groups is 2. The Morgan fingerprint density at radius 3 is 2.00 bits per heavy atom. The topological polar surface area (TPSA) is 40.5 Å². The van der Waals surface area contributed by atoms with E-state index in [0.29, 0.717) is 16.7 Å². The number of hydrogen-bond acceptors (Lipinski definition) is 2. The molecule has 2 nitrogen and oxygen atoms in total. The molecule has 0 atom stereocenters. The fraction of sp³-hybridized carbons (Fsp3) is 0.250. The molecule has 0 fully saturated rings. The highest BCUT2D eigenvalue weighted by Gasteiger charge is 2.03. The summed E-state index contributed by atoms with van der Waals surface area (Å²) in [7, 11) is 0. The van der Waals surface area contributed by atoms with E-state index in [1.807, 2.05) is 19.1 Å². The molecular weight excluding hydrogens is 260 g/mol. The molecule has 19 heavy (non-hydrogen) atoms. The van der Waals surface area contributed by atoms with Crippen LogP contribution in [0.3, 0.4) is 0 Å². The van der Waals surface area contributed by atoms with Gasteiger partial charge in [0.05, 0.1) is 5.02 Å². The summed E-state index contributed by atoms with van der Waals surface area (Å²) >= 11 is 5.46. The average Bonchev–Trinajstić information content (AvgIpc) is 2.33. The van der Waals surface area contributed by atoms with Gasteiger partial charge in [0.1, 0.15) is 11.5 Å². The number of halogens is 1. The monoisotopic (exact) mass is 278 g/mol. The van der Waals surface area contributed by atoms with Crippen molar-refractivity contribution in [1.82, 2.24) is 0 Å². The molecule has 0 saturated heterocycles. The van der Waals surface area contributed by atoms with E-state index in [9.17, 15) is 5.11 Å². The van der Waals surface area contributed by atoms with Crippen LogP contribution in [0.25, 0.3) is 0 Å². The molecule has 0 aliphatic rings. The highest BCUT2D eigenvalue weighted by atomic mass is 35.5. The van der Waals surface area contributed by atoms with Gasteiger partial charge in [0.15, 0.2) is 0 Å². The van der Waals surface area contributed by atoms with E-state index >= 15 is 0 Å². The number of para-hydroxylation sites is 1. The summed E-state index contributed by atoms with van der Waals surface area (Å²) < 4.78 is 0. The van der Waals surface area contributed by atoms with Crippen LogP contribution >= 0.6 is 11.6 Å². The van der Waals surface area contributed by atoms with Crippen molar-refractivity contribution in [3.63, 3.8) is 0 Å². The molecular formula is C16H19ClO2. The number of rotatable bonds is 1. The summed E-state index contributed by atoms with van der Waals surface area (Å²) in [6.45, 7) is 6.12. The lowest BCUT2D eigenvalue weighted by atomic mass is 10.0. The lowest BCUT2D eigenvalue weighted by Crippen LogP contribution is -1.87. The van der Waals surface area contributed by atoms with Gasteiger partial charge in [-0.3, -0.25) is 0 Å². The molecule has 2 N–H and O–H groups in total. The third-order valence-corrected chi connectivity index (χ3v) is 2.98. The van der Waals surface area contributed by atoms with Crippen LogP contribution in [0.15, 0.2) is 42.5 Å². The SMILES string of the molecule is Cc1ccc(C(C)C)c(O)c1.Oc1ccccc1Cl. The van der Waals surface area contributed by atoms with E-state index in [2.05, 4.69) is 13.8 Å². The van der Waals surface area contributed by atoms with E-state index < -0.39 is 0 Å². The number of aryl methyl sites for hydroxylation is 1. The lowest BCUT2D eigenvalue weighted by molar-refractivity contribution is 0.464. The molecule has 0 spiro atoms. The maximum Gasteiger partial charge on any atom is 0.134 e. The molecule has 0 aliphatic heterocycles. The zero-order chi connectivity index (χ0) is 14.4. The first-order valence-corrected chi connectivity index (χ1v) is 6.52. The first kappa shape index (κ1) is 15.4. The number of phenols is 2. The molecule has 3 heteroatoms.